The van der Waals surface area contributed by atoms with Crippen LogP contribution in [0, 0.1) is 21.8 Å². The van der Waals surface area contributed by atoms with Gasteiger partial charge in [0.2, 0.25) is 0 Å². The van der Waals surface area contributed by atoms with E-state index in [2.05, 4.69) is 20.4 Å². The molecule has 41 heavy (non-hydrogen) atoms. The number of hydrogen-bond donors (Lipinski definition) is 3. The lowest BCUT2D eigenvalue weighted by molar-refractivity contribution is -0.384. The molecule has 1 aliphatic heterocycles. The van der Waals surface area contributed by atoms with Crippen molar-refractivity contribution in [3.63, 3.8) is 0 Å². The fourth-order valence-electron chi connectivity index (χ4n) is 4.05. The summed E-state index contributed by atoms with van der Waals surface area (Å²) in [6.07, 6.45) is 4.07. The minimum absolute atomic E-state index is 0.0440. The molecular weight excluding hydrogens is 541 g/mol. The number of halogens is 1. The summed E-state index contributed by atoms with van der Waals surface area (Å²) in [5, 5.41) is 32.9. The number of benzene rings is 2. The number of carbonyl (C=O) groups is 3. The Morgan fingerprint density at radius 2 is 1.66 bits per heavy atom. The number of nitrogens with zero attached hydrogens (tertiary/aromatic N) is 4. The molecule has 1 fully saturated rings. The number of rotatable bonds is 10. The summed E-state index contributed by atoms with van der Waals surface area (Å²) in [5.41, 5.74) is 1.56. The first kappa shape index (κ1) is 30.6. The van der Waals surface area contributed by atoms with E-state index in [1.807, 2.05) is 12.1 Å². The normalized spacial score (nSPS) is 13.8. The number of aromatic nitrogens is 2. The van der Waals surface area contributed by atoms with E-state index in [1.54, 1.807) is 0 Å². The van der Waals surface area contributed by atoms with Gasteiger partial charge in [-0.2, -0.15) is 4.98 Å². The van der Waals surface area contributed by atoms with Gasteiger partial charge >= 0.3 is 11.9 Å². The fraction of sp³-hybridized carbons (Fsp3) is 0.296. The van der Waals surface area contributed by atoms with Crippen molar-refractivity contribution >= 4 is 23.5 Å². The lowest BCUT2D eigenvalue weighted by atomic mass is 9.93. The van der Waals surface area contributed by atoms with Crippen LogP contribution in [-0.2, 0) is 16.1 Å². The van der Waals surface area contributed by atoms with Crippen LogP contribution in [0.4, 0.5) is 10.1 Å². The zero-order valence-electron chi connectivity index (χ0n) is 21.8. The number of carbonyl (C=O) groups excluding carboxylic acids is 1. The topological polar surface area (TPSA) is 189 Å². The first-order valence-electron chi connectivity index (χ1n) is 12.6. The maximum absolute atomic E-state index is 13.0. The second kappa shape index (κ2) is 15.0. The zero-order valence-corrected chi connectivity index (χ0v) is 21.8. The van der Waals surface area contributed by atoms with Crippen LogP contribution in [-0.4, -0.2) is 67.7 Å². The van der Waals surface area contributed by atoms with E-state index in [9.17, 15) is 28.9 Å². The van der Waals surface area contributed by atoms with Gasteiger partial charge < -0.3 is 20.1 Å². The summed E-state index contributed by atoms with van der Waals surface area (Å²) in [4.78, 5) is 48.1. The molecule has 4 rings (SSSR count). The number of nitrogens with one attached hydrogen (secondary N) is 1. The van der Waals surface area contributed by atoms with Crippen LogP contribution in [0.1, 0.15) is 35.4 Å². The van der Waals surface area contributed by atoms with Gasteiger partial charge in [-0.25, -0.2) is 14.0 Å². The summed E-state index contributed by atoms with van der Waals surface area (Å²) in [5.74, 6) is -2.57. The van der Waals surface area contributed by atoms with Gasteiger partial charge in [0.1, 0.15) is 5.82 Å². The molecule has 1 saturated heterocycles. The maximum Gasteiger partial charge on any atom is 0.328 e. The summed E-state index contributed by atoms with van der Waals surface area (Å²) in [7, 11) is 0. The minimum atomic E-state index is -1.26. The van der Waals surface area contributed by atoms with E-state index in [-0.39, 0.29) is 23.2 Å². The standard InChI is InChI=1S/C23H24FN5O4.C4H4O4/c24-19-5-1-17(2-6-19)15-28-13-10-16(11-14-28)9-12-25-22(30)21-26-23(33-27-21)18-3-7-20(8-4-18)29(31)32;5-3(6)1-2-4(7)8/h1-8,16H,9-15H2,(H,25,30);1-2H,(H,5,6)(H,7,8). The summed E-state index contributed by atoms with van der Waals surface area (Å²) in [6.45, 7) is 3.28. The lowest BCUT2D eigenvalue weighted by Crippen LogP contribution is -2.35. The molecule has 1 amide bonds. The van der Waals surface area contributed by atoms with Gasteiger partial charge in [0, 0.05) is 42.9 Å². The second-order valence-electron chi connectivity index (χ2n) is 9.13. The smallest absolute Gasteiger partial charge is 0.328 e. The SMILES string of the molecule is O=C(NCCC1CCN(Cc2ccc(F)cc2)CC1)c1noc(-c2ccc([N+](=O)[O-])cc2)n1.O=C(O)C=CC(=O)O. The molecular formula is C27H28FN5O8. The quantitative estimate of drug-likeness (QED) is 0.184. The molecule has 216 valence electrons. The molecule has 3 aromatic rings. The van der Waals surface area contributed by atoms with Crippen LogP contribution in [0.2, 0.25) is 0 Å². The Balaban J connectivity index is 0.000000507. The van der Waals surface area contributed by atoms with Gasteiger partial charge in [-0.15, -0.1) is 0 Å². The third kappa shape index (κ3) is 10.3. The number of non-ortho nitro benzene ring substituents is 1. The Morgan fingerprint density at radius 1 is 1.05 bits per heavy atom. The fourth-order valence-corrected chi connectivity index (χ4v) is 4.05. The van der Waals surface area contributed by atoms with Crippen molar-refractivity contribution in [3.8, 4) is 11.5 Å². The Morgan fingerprint density at radius 3 is 2.22 bits per heavy atom. The molecule has 1 aliphatic rings. The molecule has 0 unspecified atom stereocenters. The highest BCUT2D eigenvalue weighted by molar-refractivity contribution is 5.90. The summed E-state index contributed by atoms with van der Waals surface area (Å²) in [6, 6.07) is 12.3. The van der Waals surface area contributed by atoms with Crippen LogP contribution < -0.4 is 5.32 Å². The van der Waals surface area contributed by atoms with E-state index in [1.165, 1.54) is 36.4 Å². The largest absolute Gasteiger partial charge is 0.478 e. The monoisotopic (exact) mass is 569 g/mol. The van der Waals surface area contributed by atoms with Crippen LogP contribution in [0.25, 0.3) is 11.5 Å². The molecule has 0 saturated carbocycles. The third-order valence-corrected chi connectivity index (χ3v) is 6.19. The number of piperidine rings is 1. The molecule has 3 N–H and O–H groups in total. The molecule has 2 heterocycles. The maximum atomic E-state index is 13.0. The predicted molar refractivity (Wildman–Crippen MR) is 142 cm³/mol. The number of nitro groups is 1. The van der Waals surface area contributed by atoms with Crippen molar-refractivity contribution in [2.24, 2.45) is 5.92 Å². The number of nitro benzene ring substituents is 1. The van der Waals surface area contributed by atoms with E-state index < -0.39 is 22.8 Å². The Bertz CT molecular complexity index is 1350. The van der Waals surface area contributed by atoms with Crippen molar-refractivity contribution in [1.82, 2.24) is 20.4 Å². The number of amides is 1. The number of aliphatic carboxylic acids is 2. The molecule has 0 spiro atoms. The van der Waals surface area contributed by atoms with E-state index in [0.29, 0.717) is 30.2 Å². The minimum Gasteiger partial charge on any atom is -0.478 e. The predicted octanol–water partition coefficient (Wildman–Crippen LogP) is 3.53. The van der Waals surface area contributed by atoms with Gasteiger partial charge in [-0.1, -0.05) is 17.3 Å². The van der Waals surface area contributed by atoms with Gasteiger partial charge in [-0.3, -0.25) is 19.8 Å². The number of hydrogen-bond acceptors (Lipinski definition) is 9. The lowest BCUT2D eigenvalue weighted by Gasteiger charge is -2.32. The second-order valence-corrected chi connectivity index (χ2v) is 9.13. The van der Waals surface area contributed by atoms with Crippen molar-refractivity contribution < 1.29 is 38.4 Å². The average molecular weight is 570 g/mol. The number of carboxylic acids is 2. The molecule has 0 atom stereocenters. The van der Waals surface area contributed by atoms with Gasteiger partial charge in [0.05, 0.1) is 4.92 Å². The number of carboxylic acid groups (broad SMARTS) is 2. The van der Waals surface area contributed by atoms with Gasteiger partial charge in [0.15, 0.2) is 0 Å². The van der Waals surface area contributed by atoms with Crippen molar-refractivity contribution in [3.05, 3.63) is 88.0 Å². The molecule has 0 radical (unpaired) electrons. The Kier molecular flexibility index (Phi) is 11.2. The highest BCUT2D eigenvalue weighted by Gasteiger charge is 2.21. The van der Waals surface area contributed by atoms with Crippen molar-refractivity contribution in [1.29, 1.82) is 0 Å². The number of likely N-dealkylation sites (tertiary alicyclic amines) is 1. The Hall–Kier alpha value is -4.98. The first-order valence-corrected chi connectivity index (χ1v) is 12.6. The molecule has 1 aromatic heterocycles. The Labute approximate surface area is 233 Å². The summed E-state index contributed by atoms with van der Waals surface area (Å²) < 4.78 is 18.2. The summed E-state index contributed by atoms with van der Waals surface area (Å²) >= 11 is 0. The highest BCUT2D eigenvalue weighted by atomic mass is 19.1. The van der Waals surface area contributed by atoms with Crippen LogP contribution >= 0.6 is 0 Å². The van der Waals surface area contributed by atoms with Gasteiger partial charge in [0.25, 0.3) is 23.3 Å². The van der Waals surface area contributed by atoms with Gasteiger partial charge in [-0.05, 0) is 68.1 Å². The molecule has 0 bridgehead atoms. The molecule has 14 heteroatoms. The molecule has 2 aromatic carbocycles. The average Bonchev–Trinajstić information content (AvgIpc) is 3.45. The van der Waals surface area contributed by atoms with Crippen LogP contribution in [0.5, 0.6) is 0 Å². The highest BCUT2D eigenvalue weighted by Crippen LogP contribution is 2.22. The first-order chi connectivity index (χ1) is 19.6. The molecule has 0 aliphatic carbocycles. The molecule has 13 nitrogen and oxygen atoms in total. The van der Waals surface area contributed by atoms with Crippen molar-refractivity contribution in [2.75, 3.05) is 19.6 Å². The van der Waals surface area contributed by atoms with Crippen molar-refractivity contribution in [2.45, 2.75) is 25.8 Å². The zero-order chi connectivity index (χ0) is 29.8. The van der Waals surface area contributed by atoms with E-state index in [4.69, 9.17) is 14.7 Å². The third-order valence-electron chi connectivity index (χ3n) is 6.19. The van der Waals surface area contributed by atoms with E-state index >= 15 is 0 Å². The van der Waals surface area contributed by atoms with Crippen LogP contribution in [0.15, 0.2) is 65.2 Å². The van der Waals surface area contributed by atoms with E-state index in [0.717, 1.165) is 44.5 Å². The van der Waals surface area contributed by atoms with Crippen LogP contribution in [0.3, 0.4) is 0 Å².